The standard InChI is InChI=1S/C27H37N3O2/c1-21-14-22(2)18-30(17-21)19-24-8-6-23(7-9-24)16-28-27(31)26-5-3-4-25(15-26)20-29-10-12-32-13-11-29/h3-9,15,21-22H,10-14,16-20H2,1-2H3,(H,28,31). The van der Waals surface area contributed by atoms with E-state index in [9.17, 15) is 4.79 Å². The number of carbonyl (C=O) groups is 1. The third-order valence-electron chi connectivity index (χ3n) is 6.53. The van der Waals surface area contributed by atoms with Crippen LogP contribution in [0.25, 0.3) is 0 Å². The highest BCUT2D eigenvalue weighted by molar-refractivity contribution is 5.94. The molecule has 2 saturated heterocycles. The first-order valence-corrected chi connectivity index (χ1v) is 12.0. The molecule has 2 aromatic rings. The average Bonchev–Trinajstić information content (AvgIpc) is 2.78. The Hall–Kier alpha value is -2.21. The number of morpholine rings is 1. The van der Waals surface area contributed by atoms with E-state index >= 15 is 0 Å². The summed E-state index contributed by atoms with van der Waals surface area (Å²) in [5, 5.41) is 3.08. The fraction of sp³-hybridized carbons (Fsp3) is 0.519. The van der Waals surface area contributed by atoms with Crippen molar-refractivity contribution in [2.45, 2.75) is 39.9 Å². The van der Waals surface area contributed by atoms with E-state index in [-0.39, 0.29) is 5.91 Å². The summed E-state index contributed by atoms with van der Waals surface area (Å²) in [7, 11) is 0. The van der Waals surface area contributed by atoms with Crippen molar-refractivity contribution < 1.29 is 9.53 Å². The summed E-state index contributed by atoms with van der Waals surface area (Å²) >= 11 is 0. The number of likely N-dealkylation sites (tertiary alicyclic amines) is 1. The molecule has 172 valence electrons. The Morgan fingerprint density at radius 2 is 1.56 bits per heavy atom. The minimum Gasteiger partial charge on any atom is -0.379 e. The van der Waals surface area contributed by atoms with E-state index in [1.165, 1.54) is 30.6 Å². The third-order valence-corrected chi connectivity index (χ3v) is 6.53. The van der Waals surface area contributed by atoms with E-state index in [1.54, 1.807) is 0 Å². The van der Waals surface area contributed by atoms with E-state index in [4.69, 9.17) is 4.74 Å². The molecule has 2 atom stereocenters. The van der Waals surface area contributed by atoms with Crippen LogP contribution in [0.5, 0.6) is 0 Å². The van der Waals surface area contributed by atoms with Gasteiger partial charge in [-0.2, -0.15) is 0 Å². The fourth-order valence-corrected chi connectivity index (χ4v) is 5.05. The van der Waals surface area contributed by atoms with Gasteiger partial charge in [0.25, 0.3) is 5.91 Å². The lowest BCUT2D eigenvalue weighted by atomic mass is 9.91. The molecule has 0 bridgehead atoms. The summed E-state index contributed by atoms with van der Waals surface area (Å²) in [6.45, 7) is 13.0. The van der Waals surface area contributed by atoms with E-state index in [1.807, 2.05) is 18.2 Å². The van der Waals surface area contributed by atoms with Crippen molar-refractivity contribution in [2.24, 2.45) is 11.8 Å². The van der Waals surface area contributed by atoms with Crippen LogP contribution in [0, 0.1) is 11.8 Å². The lowest BCUT2D eigenvalue weighted by molar-refractivity contribution is 0.0342. The number of nitrogens with zero attached hydrogens (tertiary/aromatic N) is 2. The van der Waals surface area contributed by atoms with Gasteiger partial charge in [-0.1, -0.05) is 50.2 Å². The quantitative estimate of drug-likeness (QED) is 0.716. The Balaban J connectivity index is 1.27. The molecule has 0 aliphatic carbocycles. The van der Waals surface area contributed by atoms with Crippen LogP contribution in [0.3, 0.4) is 0 Å². The predicted molar refractivity (Wildman–Crippen MR) is 128 cm³/mol. The number of carbonyl (C=O) groups excluding carboxylic acids is 1. The predicted octanol–water partition coefficient (Wildman–Crippen LogP) is 3.93. The van der Waals surface area contributed by atoms with Gasteiger partial charge >= 0.3 is 0 Å². The van der Waals surface area contributed by atoms with Crippen LogP contribution in [0.15, 0.2) is 48.5 Å². The summed E-state index contributed by atoms with van der Waals surface area (Å²) < 4.78 is 5.42. The maximum absolute atomic E-state index is 12.7. The molecule has 0 spiro atoms. The first kappa shape index (κ1) is 23.0. The number of hydrogen-bond acceptors (Lipinski definition) is 4. The Bertz CT molecular complexity index is 867. The van der Waals surface area contributed by atoms with E-state index in [0.717, 1.165) is 62.4 Å². The van der Waals surface area contributed by atoms with Crippen molar-refractivity contribution in [3.05, 3.63) is 70.8 Å². The molecule has 2 fully saturated rings. The van der Waals surface area contributed by atoms with Crippen molar-refractivity contribution in [3.8, 4) is 0 Å². The minimum atomic E-state index is -0.0193. The highest BCUT2D eigenvalue weighted by atomic mass is 16.5. The SMILES string of the molecule is CC1CC(C)CN(Cc2ccc(CNC(=O)c3cccc(CN4CCOCC4)c3)cc2)C1. The summed E-state index contributed by atoms with van der Waals surface area (Å²) in [5.41, 5.74) is 4.37. The lowest BCUT2D eigenvalue weighted by Crippen LogP contribution is -2.38. The zero-order valence-corrected chi connectivity index (χ0v) is 19.6. The number of piperidine rings is 1. The molecule has 32 heavy (non-hydrogen) atoms. The van der Waals surface area contributed by atoms with Gasteiger partial charge in [-0.05, 0) is 47.1 Å². The van der Waals surface area contributed by atoms with Crippen molar-refractivity contribution in [1.29, 1.82) is 0 Å². The van der Waals surface area contributed by atoms with Gasteiger partial charge in [0.15, 0.2) is 0 Å². The molecule has 5 heteroatoms. The monoisotopic (exact) mass is 435 g/mol. The van der Waals surface area contributed by atoms with Crippen LogP contribution in [-0.2, 0) is 24.4 Å². The van der Waals surface area contributed by atoms with Gasteiger partial charge < -0.3 is 10.1 Å². The zero-order valence-electron chi connectivity index (χ0n) is 19.6. The van der Waals surface area contributed by atoms with Gasteiger partial charge in [-0.15, -0.1) is 0 Å². The summed E-state index contributed by atoms with van der Waals surface area (Å²) in [5.74, 6) is 1.54. The zero-order chi connectivity index (χ0) is 22.3. The van der Waals surface area contributed by atoms with E-state index < -0.39 is 0 Å². The number of nitrogens with one attached hydrogen (secondary N) is 1. The van der Waals surface area contributed by atoms with Gasteiger partial charge in [-0.25, -0.2) is 0 Å². The molecule has 2 aliphatic heterocycles. The lowest BCUT2D eigenvalue weighted by Gasteiger charge is -2.35. The van der Waals surface area contributed by atoms with Gasteiger partial charge in [-0.3, -0.25) is 14.6 Å². The van der Waals surface area contributed by atoms with Crippen molar-refractivity contribution in [3.63, 3.8) is 0 Å². The van der Waals surface area contributed by atoms with Crippen LogP contribution in [0.1, 0.15) is 47.3 Å². The molecule has 1 N–H and O–H groups in total. The molecular weight excluding hydrogens is 398 g/mol. The number of ether oxygens (including phenoxy) is 1. The molecule has 1 amide bonds. The van der Waals surface area contributed by atoms with Gasteiger partial charge in [0.2, 0.25) is 0 Å². The average molecular weight is 436 g/mol. The molecular formula is C27H37N3O2. The number of benzene rings is 2. The second-order valence-corrected chi connectivity index (χ2v) is 9.73. The first-order valence-electron chi connectivity index (χ1n) is 12.0. The molecule has 0 saturated carbocycles. The molecule has 2 heterocycles. The Labute approximate surface area is 192 Å². The molecule has 0 aromatic heterocycles. The third kappa shape index (κ3) is 6.64. The second kappa shape index (κ2) is 11.1. The van der Waals surface area contributed by atoms with Gasteiger partial charge in [0.05, 0.1) is 13.2 Å². The fourth-order valence-electron chi connectivity index (χ4n) is 5.05. The summed E-state index contributed by atoms with van der Waals surface area (Å²) in [6, 6.07) is 16.7. The number of hydrogen-bond donors (Lipinski definition) is 1. The van der Waals surface area contributed by atoms with Gasteiger partial charge in [0, 0.05) is 51.4 Å². The first-order chi connectivity index (χ1) is 15.5. The second-order valence-electron chi connectivity index (χ2n) is 9.73. The topological polar surface area (TPSA) is 44.8 Å². The smallest absolute Gasteiger partial charge is 0.251 e. The minimum absolute atomic E-state index is 0.0193. The highest BCUT2D eigenvalue weighted by Gasteiger charge is 2.21. The van der Waals surface area contributed by atoms with Crippen LogP contribution in [-0.4, -0.2) is 55.1 Å². The number of amides is 1. The van der Waals surface area contributed by atoms with Crippen LogP contribution >= 0.6 is 0 Å². The molecule has 2 unspecified atom stereocenters. The molecule has 5 nitrogen and oxygen atoms in total. The highest BCUT2D eigenvalue weighted by Crippen LogP contribution is 2.22. The molecule has 0 radical (unpaired) electrons. The largest absolute Gasteiger partial charge is 0.379 e. The Morgan fingerprint density at radius 1 is 0.906 bits per heavy atom. The maximum Gasteiger partial charge on any atom is 0.251 e. The maximum atomic E-state index is 12.7. The van der Waals surface area contributed by atoms with Crippen molar-refractivity contribution >= 4 is 5.91 Å². The Kier molecular flexibility index (Phi) is 7.95. The van der Waals surface area contributed by atoms with Crippen molar-refractivity contribution in [1.82, 2.24) is 15.1 Å². The molecule has 2 aliphatic rings. The summed E-state index contributed by atoms with van der Waals surface area (Å²) in [4.78, 5) is 17.6. The van der Waals surface area contributed by atoms with Gasteiger partial charge in [0.1, 0.15) is 0 Å². The molecule has 4 rings (SSSR count). The normalized spacial score (nSPS) is 22.6. The van der Waals surface area contributed by atoms with Crippen LogP contribution in [0.2, 0.25) is 0 Å². The van der Waals surface area contributed by atoms with Crippen molar-refractivity contribution in [2.75, 3.05) is 39.4 Å². The number of rotatable bonds is 7. The van der Waals surface area contributed by atoms with Crippen LogP contribution < -0.4 is 5.32 Å². The molecule has 2 aromatic carbocycles. The van der Waals surface area contributed by atoms with E-state index in [2.05, 4.69) is 59.3 Å². The van der Waals surface area contributed by atoms with Crippen LogP contribution in [0.4, 0.5) is 0 Å². The Morgan fingerprint density at radius 3 is 2.28 bits per heavy atom. The summed E-state index contributed by atoms with van der Waals surface area (Å²) in [6.07, 6.45) is 1.34. The van der Waals surface area contributed by atoms with E-state index in [0.29, 0.717) is 6.54 Å².